The summed E-state index contributed by atoms with van der Waals surface area (Å²) in [5.41, 5.74) is 7.99. The fourth-order valence-electron chi connectivity index (χ4n) is 5.47. The van der Waals surface area contributed by atoms with Crippen LogP contribution in [-0.2, 0) is 17.4 Å². The van der Waals surface area contributed by atoms with Crippen LogP contribution >= 0.6 is 46.7 Å². The fourth-order valence-corrected chi connectivity index (χ4v) is 8.15. The van der Waals surface area contributed by atoms with E-state index in [1.807, 2.05) is 24.3 Å². The maximum Gasteiger partial charge on any atom is 0.352 e. The highest BCUT2D eigenvalue weighted by Gasteiger charge is 2.18. The minimum Gasteiger partial charge on any atom is -0.477 e. The lowest BCUT2D eigenvalue weighted by atomic mass is 9.86. The third-order valence-electron chi connectivity index (χ3n) is 8.31. The molecule has 0 radical (unpaired) electrons. The van der Waals surface area contributed by atoms with Crippen LogP contribution in [0.15, 0.2) is 92.4 Å². The highest BCUT2D eigenvalue weighted by molar-refractivity contribution is 8.00. The molecule has 0 spiro atoms. The SMILES string of the molecule is C.C.Cc1cc(C(C)(C)C)ccc1Sc1cc(Cl)cc2[nH]c(C(=O)O)cc12.Cc1cc(C(C)(C)C)ccc1Sc1cc(Cl)cc2[nH]c(CO)cc12. The van der Waals surface area contributed by atoms with Gasteiger partial charge in [0.25, 0.3) is 0 Å². The van der Waals surface area contributed by atoms with E-state index in [-0.39, 0.29) is 38.0 Å². The summed E-state index contributed by atoms with van der Waals surface area (Å²) in [5, 5.41) is 21.8. The van der Waals surface area contributed by atoms with E-state index < -0.39 is 5.97 Å². The molecule has 6 aromatic rings. The van der Waals surface area contributed by atoms with E-state index in [1.54, 1.807) is 35.7 Å². The number of carboxylic acid groups (broad SMARTS) is 1. The van der Waals surface area contributed by atoms with Crippen molar-refractivity contribution >= 4 is 74.5 Å². The molecule has 2 heterocycles. The Bertz CT molecular complexity index is 2170. The second-order valence-corrected chi connectivity index (χ2v) is 17.4. The molecule has 0 aliphatic carbocycles. The Morgan fingerprint density at radius 2 is 1.08 bits per heavy atom. The van der Waals surface area contributed by atoms with Gasteiger partial charge in [-0.3, -0.25) is 0 Å². The normalized spacial score (nSPS) is 11.5. The van der Waals surface area contributed by atoms with Crippen molar-refractivity contribution in [2.45, 2.75) is 107 Å². The average Bonchev–Trinajstić information content (AvgIpc) is 3.63. The van der Waals surface area contributed by atoms with Crippen LogP contribution in [0.5, 0.6) is 0 Å². The lowest BCUT2D eigenvalue weighted by Crippen LogP contribution is -2.11. The standard InChI is InChI=1S/C20H20ClNO2S.C20H22ClNOS.2CH4/c1-11-7-12(20(2,3)4)5-6-17(11)25-18-9-13(21)8-15-14(18)10-16(22-15)19(23)24;1-12-7-13(20(2,3)4)5-6-18(12)24-19-9-14(21)8-17-16(19)10-15(11-23)22-17;;/h5-10,22H,1-4H3,(H,23,24);5-10,22-23H,11H2,1-4H3;2*1H4. The van der Waals surface area contributed by atoms with E-state index in [2.05, 4.69) is 102 Å². The molecule has 0 unspecified atom stereocenters. The first-order valence-electron chi connectivity index (χ1n) is 16.0. The molecule has 0 bridgehead atoms. The summed E-state index contributed by atoms with van der Waals surface area (Å²) in [7, 11) is 0. The van der Waals surface area contributed by atoms with Gasteiger partial charge in [-0.05, 0) is 95.5 Å². The van der Waals surface area contributed by atoms with Crippen molar-refractivity contribution in [3.63, 3.8) is 0 Å². The largest absolute Gasteiger partial charge is 0.477 e. The van der Waals surface area contributed by atoms with Crippen molar-refractivity contribution in [1.82, 2.24) is 9.97 Å². The lowest BCUT2D eigenvalue weighted by molar-refractivity contribution is 0.0691. The molecule has 9 heteroatoms. The summed E-state index contributed by atoms with van der Waals surface area (Å²) in [5.74, 6) is -0.978. The predicted molar refractivity (Wildman–Crippen MR) is 221 cm³/mol. The van der Waals surface area contributed by atoms with Gasteiger partial charge in [-0.1, -0.05) is 127 Å². The molecule has 4 aromatic carbocycles. The molecule has 51 heavy (non-hydrogen) atoms. The molecular formula is C42H50Cl2N2O3S2. The van der Waals surface area contributed by atoms with E-state index in [0.29, 0.717) is 10.0 Å². The number of aliphatic hydroxyl groups excluding tert-OH is 1. The van der Waals surface area contributed by atoms with Crippen molar-refractivity contribution in [1.29, 1.82) is 0 Å². The number of fused-ring (bicyclic) bond motifs is 2. The number of aromatic nitrogens is 2. The zero-order chi connectivity index (χ0) is 35.8. The highest BCUT2D eigenvalue weighted by Crippen LogP contribution is 2.40. The van der Waals surface area contributed by atoms with Gasteiger partial charge in [-0.25, -0.2) is 4.79 Å². The summed E-state index contributed by atoms with van der Waals surface area (Å²) in [4.78, 5) is 21.8. The molecular weight excluding hydrogens is 716 g/mol. The lowest BCUT2D eigenvalue weighted by Gasteiger charge is -2.20. The number of aromatic carboxylic acids is 1. The second-order valence-electron chi connectivity index (χ2n) is 14.3. The quantitative estimate of drug-likeness (QED) is 0.136. The Kier molecular flexibility index (Phi) is 13.7. The minimum atomic E-state index is -0.978. The molecule has 4 N–H and O–H groups in total. The fraction of sp³-hybridized carbons (Fsp3) is 0.310. The predicted octanol–water partition coefficient (Wildman–Crippen LogP) is 13.6. The third-order valence-corrected chi connectivity index (χ3v) is 11.2. The van der Waals surface area contributed by atoms with Crippen LogP contribution in [-0.4, -0.2) is 26.2 Å². The molecule has 5 nitrogen and oxygen atoms in total. The Balaban J connectivity index is 0.000000265. The number of rotatable bonds is 6. The molecule has 0 saturated heterocycles. The molecule has 2 aromatic heterocycles. The van der Waals surface area contributed by atoms with Crippen LogP contribution < -0.4 is 0 Å². The number of H-pyrrole nitrogens is 2. The summed E-state index contributed by atoms with van der Waals surface area (Å²) >= 11 is 15.8. The van der Waals surface area contributed by atoms with E-state index in [0.717, 1.165) is 42.2 Å². The Morgan fingerprint density at radius 3 is 1.47 bits per heavy atom. The molecule has 0 fully saturated rings. The van der Waals surface area contributed by atoms with Crippen molar-refractivity contribution in [2.75, 3.05) is 0 Å². The Morgan fingerprint density at radius 1 is 0.647 bits per heavy atom. The number of carbonyl (C=O) groups is 1. The number of carboxylic acids is 1. The van der Waals surface area contributed by atoms with Gasteiger partial charge in [0.2, 0.25) is 0 Å². The third kappa shape index (κ3) is 9.97. The first-order chi connectivity index (χ1) is 22.9. The number of aryl methyl sites for hydroxylation is 2. The van der Waals surface area contributed by atoms with Crippen LogP contribution in [0.3, 0.4) is 0 Å². The number of nitrogens with one attached hydrogen (secondary N) is 2. The zero-order valence-electron chi connectivity index (χ0n) is 29.0. The molecule has 6 rings (SSSR count). The molecule has 0 atom stereocenters. The maximum atomic E-state index is 11.2. The van der Waals surface area contributed by atoms with Crippen molar-refractivity contribution in [3.05, 3.63) is 116 Å². The zero-order valence-corrected chi connectivity index (χ0v) is 32.2. The summed E-state index contributed by atoms with van der Waals surface area (Å²) < 4.78 is 0. The number of benzene rings is 4. The molecule has 272 valence electrons. The van der Waals surface area contributed by atoms with Gasteiger partial charge in [0, 0.05) is 57.1 Å². The summed E-state index contributed by atoms with van der Waals surface area (Å²) in [6.45, 7) is 17.5. The number of hydrogen-bond donors (Lipinski definition) is 4. The van der Waals surface area contributed by atoms with Crippen molar-refractivity contribution in [2.24, 2.45) is 0 Å². The van der Waals surface area contributed by atoms with Crippen molar-refractivity contribution < 1.29 is 15.0 Å². The van der Waals surface area contributed by atoms with Gasteiger partial charge in [-0.2, -0.15) is 0 Å². The molecule has 0 aliphatic rings. The van der Waals surface area contributed by atoms with Gasteiger partial charge in [-0.15, -0.1) is 0 Å². The van der Waals surface area contributed by atoms with E-state index >= 15 is 0 Å². The van der Waals surface area contributed by atoms with Crippen LogP contribution in [0, 0.1) is 13.8 Å². The first-order valence-corrected chi connectivity index (χ1v) is 18.4. The second kappa shape index (κ2) is 16.6. The number of halogens is 2. The maximum absolute atomic E-state index is 11.2. The number of aliphatic hydroxyl groups is 1. The number of aromatic amines is 2. The van der Waals surface area contributed by atoms with Gasteiger partial charge in [0.15, 0.2) is 0 Å². The topological polar surface area (TPSA) is 89.1 Å². The summed E-state index contributed by atoms with van der Waals surface area (Å²) in [6, 6.07) is 24.3. The van der Waals surface area contributed by atoms with Crippen LogP contribution in [0.25, 0.3) is 21.8 Å². The number of hydrogen-bond acceptors (Lipinski definition) is 4. The van der Waals surface area contributed by atoms with E-state index in [4.69, 9.17) is 23.2 Å². The Labute approximate surface area is 321 Å². The van der Waals surface area contributed by atoms with E-state index in [9.17, 15) is 15.0 Å². The van der Waals surface area contributed by atoms with Gasteiger partial charge >= 0.3 is 5.97 Å². The Hall–Kier alpha value is -3.33. The van der Waals surface area contributed by atoms with Crippen LogP contribution in [0.4, 0.5) is 0 Å². The van der Waals surface area contributed by atoms with Gasteiger partial charge < -0.3 is 20.2 Å². The van der Waals surface area contributed by atoms with Gasteiger partial charge in [0.05, 0.1) is 6.61 Å². The molecule has 0 saturated carbocycles. The highest BCUT2D eigenvalue weighted by atomic mass is 35.5. The smallest absolute Gasteiger partial charge is 0.352 e. The van der Waals surface area contributed by atoms with E-state index in [1.165, 1.54) is 27.1 Å². The molecule has 0 amide bonds. The van der Waals surface area contributed by atoms with Crippen LogP contribution in [0.1, 0.15) is 94.8 Å². The monoisotopic (exact) mass is 764 g/mol. The summed E-state index contributed by atoms with van der Waals surface area (Å²) in [6.07, 6.45) is 0. The molecule has 0 aliphatic heterocycles. The minimum absolute atomic E-state index is 0. The van der Waals surface area contributed by atoms with Gasteiger partial charge in [0.1, 0.15) is 5.69 Å². The van der Waals surface area contributed by atoms with Crippen LogP contribution in [0.2, 0.25) is 10.0 Å². The first kappa shape index (κ1) is 42.1. The van der Waals surface area contributed by atoms with Crippen molar-refractivity contribution in [3.8, 4) is 0 Å². The average molecular weight is 766 g/mol.